The molecule has 0 aromatic heterocycles. The standard InChI is InChI=1S/C18H26Cl2N4O.HI/c1-12(16-6-5-13(19)8-17(16)20)23-18(21-2)22-9-15-10-24-7-3-4-14(24)11-25-15;/h5-6,8,12,14-15H,3-4,7,9-11H2,1-2H3,(H2,21,22,23);1H. The number of nitrogens with zero attached hydrogens (tertiary/aromatic N) is 2. The normalized spacial score (nSPS) is 24.5. The van der Waals surface area contributed by atoms with Crippen molar-refractivity contribution >= 4 is 53.1 Å². The van der Waals surface area contributed by atoms with Gasteiger partial charge in [0, 0.05) is 36.2 Å². The molecular formula is C18H27Cl2IN4O. The number of hydrogen-bond donors (Lipinski definition) is 2. The predicted molar refractivity (Wildman–Crippen MR) is 119 cm³/mol. The van der Waals surface area contributed by atoms with Crippen LogP contribution in [0.3, 0.4) is 0 Å². The summed E-state index contributed by atoms with van der Waals surface area (Å²) in [5.41, 5.74) is 0.989. The van der Waals surface area contributed by atoms with Crippen LogP contribution in [0.25, 0.3) is 0 Å². The van der Waals surface area contributed by atoms with Crippen molar-refractivity contribution in [1.29, 1.82) is 0 Å². The molecule has 1 aromatic rings. The number of morpholine rings is 1. The van der Waals surface area contributed by atoms with Crippen LogP contribution < -0.4 is 10.6 Å². The van der Waals surface area contributed by atoms with Crippen LogP contribution in [0.1, 0.15) is 31.4 Å². The molecule has 0 spiro atoms. The smallest absolute Gasteiger partial charge is 0.191 e. The molecule has 0 saturated carbocycles. The second-order valence-electron chi connectivity index (χ2n) is 6.73. The summed E-state index contributed by atoms with van der Waals surface area (Å²) in [6.45, 7) is 5.82. The van der Waals surface area contributed by atoms with E-state index in [0.717, 1.165) is 31.2 Å². The first-order valence-electron chi connectivity index (χ1n) is 8.84. The van der Waals surface area contributed by atoms with Crippen LogP contribution in [-0.2, 0) is 4.74 Å². The molecule has 26 heavy (non-hydrogen) atoms. The molecule has 8 heteroatoms. The third-order valence-electron chi connectivity index (χ3n) is 4.96. The van der Waals surface area contributed by atoms with Crippen LogP contribution in [0.2, 0.25) is 10.0 Å². The van der Waals surface area contributed by atoms with Gasteiger partial charge in [0.05, 0.1) is 18.8 Å². The monoisotopic (exact) mass is 512 g/mol. The summed E-state index contributed by atoms with van der Waals surface area (Å²) in [5.74, 6) is 0.741. The van der Waals surface area contributed by atoms with Crippen molar-refractivity contribution < 1.29 is 4.74 Å². The van der Waals surface area contributed by atoms with Crippen molar-refractivity contribution in [2.24, 2.45) is 4.99 Å². The molecular weight excluding hydrogens is 486 g/mol. The molecule has 3 rings (SSSR count). The van der Waals surface area contributed by atoms with Crippen LogP contribution in [0.4, 0.5) is 0 Å². The fourth-order valence-electron chi connectivity index (χ4n) is 3.55. The minimum atomic E-state index is 0. The fourth-order valence-corrected chi connectivity index (χ4v) is 4.12. The summed E-state index contributed by atoms with van der Waals surface area (Å²) in [6.07, 6.45) is 2.75. The van der Waals surface area contributed by atoms with Gasteiger partial charge in [0.1, 0.15) is 0 Å². The molecule has 1 aromatic carbocycles. The van der Waals surface area contributed by atoms with Crippen molar-refractivity contribution in [3.05, 3.63) is 33.8 Å². The van der Waals surface area contributed by atoms with E-state index < -0.39 is 0 Å². The lowest BCUT2D eigenvalue weighted by Gasteiger charge is -2.35. The van der Waals surface area contributed by atoms with Gasteiger partial charge >= 0.3 is 0 Å². The van der Waals surface area contributed by atoms with Gasteiger partial charge in [0.2, 0.25) is 0 Å². The molecule has 2 heterocycles. The van der Waals surface area contributed by atoms with Crippen LogP contribution in [0.15, 0.2) is 23.2 Å². The highest BCUT2D eigenvalue weighted by molar-refractivity contribution is 14.0. The van der Waals surface area contributed by atoms with Crippen LogP contribution in [0.5, 0.6) is 0 Å². The van der Waals surface area contributed by atoms with Crippen molar-refractivity contribution in [3.8, 4) is 0 Å². The Bertz CT molecular complexity index is 631. The van der Waals surface area contributed by atoms with Crippen molar-refractivity contribution in [2.45, 2.75) is 38.0 Å². The molecule has 0 amide bonds. The van der Waals surface area contributed by atoms with E-state index in [4.69, 9.17) is 27.9 Å². The van der Waals surface area contributed by atoms with Crippen molar-refractivity contribution in [3.63, 3.8) is 0 Å². The first-order chi connectivity index (χ1) is 12.1. The second-order valence-corrected chi connectivity index (χ2v) is 7.57. The number of benzene rings is 1. The van der Waals surface area contributed by atoms with E-state index in [1.165, 1.54) is 19.4 Å². The van der Waals surface area contributed by atoms with Crippen LogP contribution >= 0.6 is 47.2 Å². The SMILES string of the molecule is CN=C(NCC1CN2CCCC2CO1)NC(C)c1ccc(Cl)cc1Cl.I. The van der Waals surface area contributed by atoms with E-state index in [-0.39, 0.29) is 36.1 Å². The van der Waals surface area contributed by atoms with Crippen LogP contribution in [0, 0.1) is 0 Å². The zero-order chi connectivity index (χ0) is 17.8. The van der Waals surface area contributed by atoms with Crippen LogP contribution in [-0.4, -0.2) is 56.3 Å². The van der Waals surface area contributed by atoms with Crippen molar-refractivity contribution in [2.75, 3.05) is 33.3 Å². The molecule has 0 bridgehead atoms. The van der Waals surface area contributed by atoms with E-state index in [1.54, 1.807) is 13.1 Å². The largest absolute Gasteiger partial charge is 0.373 e. The minimum Gasteiger partial charge on any atom is -0.373 e. The van der Waals surface area contributed by atoms with Gasteiger partial charge in [-0.25, -0.2) is 0 Å². The maximum absolute atomic E-state index is 6.29. The lowest BCUT2D eigenvalue weighted by atomic mass is 10.1. The van der Waals surface area contributed by atoms with E-state index in [2.05, 4.69) is 20.5 Å². The molecule has 2 aliphatic heterocycles. The van der Waals surface area contributed by atoms with E-state index in [0.29, 0.717) is 16.1 Å². The molecule has 3 atom stereocenters. The van der Waals surface area contributed by atoms with E-state index in [1.807, 2.05) is 19.1 Å². The van der Waals surface area contributed by atoms with Crippen molar-refractivity contribution in [1.82, 2.24) is 15.5 Å². The number of halogens is 3. The lowest BCUT2D eigenvalue weighted by molar-refractivity contribution is -0.0453. The number of rotatable bonds is 4. The van der Waals surface area contributed by atoms with Gasteiger partial charge in [-0.15, -0.1) is 24.0 Å². The second kappa shape index (κ2) is 10.3. The molecule has 3 unspecified atom stereocenters. The Morgan fingerprint density at radius 1 is 1.42 bits per heavy atom. The maximum Gasteiger partial charge on any atom is 0.191 e. The third kappa shape index (κ3) is 5.61. The molecule has 2 N–H and O–H groups in total. The molecule has 2 aliphatic rings. The highest BCUT2D eigenvalue weighted by atomic mass is 127. The number of hydrogen-bond acceptors (Lipinski definition) is 3. The van der Waals surface area contributed by atoms with Gasteiger partial charge in [-0.3, -0.25) is 9.89 Å². The fraction of sp³-hybridized carbons (Fsp3) is 0.611. The molecule has 5 nitrogen and oxygen atoms in total. The molecule has 0 radical (unpaired) electrons. The lowest BCUT2D eigenvalue weighted by Crippen LogP contribution is -2.51. The van der Waals surface area contributed by atoms with Gasteiger partial charge < -0.3 is 15.4 Å². The highest BCUT2D eigenvalue weighted by Crippen LogP contribution is 2.26. The average Bonchev–Trinajstić information content (AvgIpc) is 3.06. The third-order valence-corrected chi connectivity index (χ3v) is 5.53. The summed E-state index contributed by atoms with van der Waals surface area (Å²) in [4.78, 5) is 6.85. The number of nitrogens with one attached hydrogen (secondary N) is 2. The van der Waals surface area contributed by atoms with Gasteiger partial charge in [-0.1, -0.05) is 29.3 Å². The topological polar surface area (TPSA) is 48.9 Å². The quantitative estimate of drug-likeness (QED) is 0.367. The molecule has 146 valence electrons. The Morgan fingerprint density at radius 3 is 2.96 bits per heavy atom. The van der Waals surface area contributed by atoms with Gasteiger partial charge in [0.15, 0.2) is 5.96 Å². The van der Waals surface area contributed by atoms with Gasteiger partial charge in [-0.05, 0) is 44.0 Å². The molecule has 0 aliphatic carbocycles. The zero-order valence-corrected chi connectivity index (χ0v) is 19.0. The highest BCUT2D eigenvalue weighted by Gasteiger charge is 2.32. The zero-order valence-electron chi connectivity index (χ0n) is 15.2. The molecule has 2 fully saturated rings. The summed E-state index contributed by atoms with van der Waals surface area (Å²) in [7, 11) is 1.77. The van der Waals surface area contributed by atoms with Gasteiger partial charge in [0.25, 0.3) is 0 Å². The summed E-state index contributed by atoms with van der Waals surface area (Å²) in [6, 6.07) is 6.19. The first kappa shape index (κ1) is 22.0. The van der Waals surface area contributed by atoms with E-state index in [9.17, 15) is 0 Å². The van der Waals surface area contributed by atoms with Gasteiger partial charge in [-0.2, -0.15) is 0 Å². The Kier molecular flexibility index (Phi) is 8.73. The number of aliphatic imine (C=N–C) groups is 1. The first-order valence-corrected chi connectivity index (χ1v) is 9.60. The van der Waals surface area contributed by atoms with E-state index >= 15 is 0 Å². The molecule has 2 saturated heterocycles. The summed E-state index contributed by atoms with van der Waals surface area (Å²) >= 11 is 12.3. The average molecular weight is 513 g/mol. The Morgan fingerprint density at radius 2 is 2.23 bits per heavy atom. The summed E-state index contributed by atoms with van der Waals surface area (Å²) < 4.78 is 5.99. The summed E-state index contributed by atoms with van der Waals surface area (Å²) in [5, 5.41) is 8.03. The number of fused-ring (bicyclic) bond motifs is 1. The predicted octanol–water partition coefficient (Wildman–Crippen LogP) is 3.70. The number of guanidine groups is 1. The minimum absolute atomic E-state index is 0. The maximum atomic E-state index is 6.29. The Labute approximate surface area is 182 Å². The number of ether oxygens (including phenoxy) is 1. The Hall–Kier alpha value is -0.280. The Balaban J connectivity index is 0.00000243.